The fourth-order valence-corrected chi connectivity index (χ4v) is 2.80. The summed E-state index contributed by atoms with van der Waals surface area (Å²) in [6.45, 7) is 3.47. The van der Waals surface area contributed by atoms with Gasteiger partial charge in [-0.2, -0.15) is 0 Å². The number of guanidine groups is 1. The molecule has 0 spiro atoms. The molecule has 22 heavy (non-hydrogen) atoms. The Labute approximate surface area is 134 Å². The van der Waals surface area contributed by atoms with Crippen LogP contribution in [0.2, 0.25) is 0 Å². The molecule has 0 bridgehead atoms. The normalized spacial score (nSPS) is 11.5. The van der Waals surface area contributed by atoms with Crippen LogP contribution in [0.25, 0.3) is 0 Å². The van der Waals surface area contributed by atoms with Gasteiger partial charge in [0, 0.05) is 39.0 Å². The van der Waals surface area contributed by atoms with Gasteiger partial charge >= 0.3 is 0 Å². The minimum atomic E-state index is -0.215. The number of hydrogen-bond acceptors (Lipinski definition) is 3. The number of nitrogens with one attached hydrogen (secondary N) is 1. The molecule has 2 aromatic rings. The molecule has 1 aromatic carbocycles. The molecule has 0 radical (unpaired) electrons. The molecule has 0 unspecified atom stereocenters. The van der Waals surface area contributed by atoms with Crippen LogP contribution in [0.5, 0.6) is 0 Å². The van der Waals surface area contributed by atoms with Gasteiger partial charge in [-0.05, 0) is 24.6 Å². The van der Waals surface area contributed by atoms with Gasteiger partial charge in [0.25, 0.3) is 0 Å². The maximum Gasteiger partial charge on any atom is 0.193 e. The van der Waals surface area contributed by atoms with Crippen LogP contribution in [0, 0.1) is 12.7 Å². The Morgan fingerprint density at radius 2 is 2.09 bits per heavy atom. The number of benzene rings is 1. The van der Waals surface area contributed by atoms with Gasteiger partial charge in [0.15, 0.2) is 5.96 Å². The molecular weight excluding hydrogens is 299 g/mol. The predicted molar refractivity (Wildman–Crippen MR) is 89.8 cm³/mol. The molecule has 6 heteroatoms. The number of hydrogen-bond donors (Lipinski definition) is 1. The predicted octanol–water partition coefficient (Wildman–Crippen LogP) is 2.84. The summed E-state index contributed by atoms with van der Waals surface area (Å²) >= 11 is 1.67. The summed E-state index contributed by atoms with van der Waals surface area (Å²) in [6.07, 6.45) is 0.869. The minimum Gasteiger partial charge on any atom is -0.356 e. The molecule has 0 amide bonds. The molecule has 0 saturated heterocycles. The lowest BCUT2D eigenvalue weighted by atomic mass is 10.2. The van der Waals surface area contributed by atoms with E-state index < -0.39 is 0 Å². The van der Waals surface area contributed by atoms with E-state index in [0.29, 0.717) is 6.54 Å². The van der Waals surface area contributed by atoms with Crippen molar-refractivity contribution in [2.75, 3.05) is 20.6 Å². The highest BCUT2D eigenvalue weighted by atomic mass is 32.1. The van der Waals surface area contributed by atoms with E-state index in [1.54, 1.807) is 30.5 Å². The summed E-state index contributed by atoms with van der Waals surface area (Å²) < 4.78 is 12.9. The Morgan fingerprint density at radius 1 is 1.36 bits per heavy atom. The first-order valence-electron chi connectivity index (χ1n) is 7.15. The molecule has 4 nitrogen and oxygen atoms in total. The Hall–Kier alpha value is -1.95. The molecule has 118 valence electrons. The largest absolute Gasteiger partial charge is 0.356 e. The lowest BCUT2D eigenvalue weighted by molar-refractivity contribution is 0.476. The minimum absolute atomic E-state index is 0.215. The molecule has 2 rings (SSSR count). The van der Waals surface area contributed by atoms with Crippen molar-refractivity contribution in [2.24, 2.45) is 4.99 Å². The maximum absolute atomic E-state index is 12.9. The van der Waals surface area contributed by atoms with Crippen molar-refractivity contribution in [2.45, 2.75) is 19.9 Å². The highest BCUT2D eigenvalue weighted by molar-refractivity contribution is 7.09. The van der Waals surface area contributed by atoms with Gasteiger partial charge in [-0.25, -0.2) is 9.37 Å². The first-order valence-corrected chi connectivity index (χ1v) is 8.03. The Bertz CT molecular complexity index is 621. The first kappa shape index (κ1) is 16.4. The van der Waals surface area contributed by atoms with E-state index >= 15 is 0 Å². The van der Waals surface area contributed by atoms with Gasteiger partial charge in [-0.3, -0.25) is 4.99 Å². The van der Waals surface area contributed by atoms with Crippen LogP contribution < -0.4 is 5.32 Å². The second kappa shape index (κ2) is 7.89. The highest BCUT2D eigenvalue weighted by Gasteiger charge is 2.07. The molecule has 0 aliphatic rings. The summed E-state index contributed by atoms with van der Waals surface area (Å²) in [5.41, 5.74) is 2.15. The van der Waals surface area contributed by atoms with Gasteiger partial charge in [0.1, 0.15) is 5.82 Å². The van der Waals surface area contributed by atoms with E-state index in [1.807, 2.05) is 18.9 Å². The second-order valence-corrected chi connectivity index (χ2v) is 6.13. The van der Waals surface area contributed by atoms with Gasteiger partial charge in [-0.1, -0.05) is 12.1 Å². The van der Waals surface area contributed by atoms with E-state index in [1.165, 1.54) is 12.1 Å². The van der Waals surface area contributed by atoms with Gasteiger partial charge < -0.3 is 10.2 Å². The number of thiazole rings is 1. The third-order valence-corrected chi connectivity index (χ3v) is 4.06. The Morgan fingerprint density at radius 3 is 2.68 bits per heavy atom. The number of rotatable bonds is 5. The van der Waals surface area contributed by atoms with Crippen molar-refractivity contribution in [1.29, 1.82) is 0 Å². The standard InChI is InChI=1S/C16H21FN4S/c1-12-20-15(11-22-12)8-9-19-16(18-2)21(3)10-13-4-6-14(17)7-5-13/h4-7,11H,8-10H2,1-3H3,(H,18,19). The number of halogens is 1. The van der Waals surface area contributed by atoms with Crippen molar-refractivity contribution in [3.05, 3.63) is 51.7 Å². The molecule has 0 saturated carbocycles. The summed E-state index contributed by atoms with van der Waals surface area (Å²) in [4.78, 5) is 10.7. The Balaban J connectivity index is 1.83. The fourth-order valence-electron chi connectivity index (χ4n) is 2.15. The van der Waals surface area contributed by atoms with Gasteiger partial charge in [0.2, 0.25) is 0 Å². The number of aromatic nitrogens is 1. The van der Waals surface area contributed by atoms with Crippen LogP contribution in [-0.4, -0.2) is 36.5 Å². The van der Waals surface area contributed by atoms with E-state index in [9.17, 15) is 4.39 Å². The third kappa shape index (κ3) is 4.80. The van der Waals surface area contributed by atoms with Crippen LogP contribution >= 0.6 is 11.3 Å². The second-order valence-electron chi connectivity index (χ2n) is 5.06. The van der Waals surface area contributed by atoms with Crippen molar-refractivity contribution >= 4 is 17.3 Å². The topological polar surface area (TPSA) is 40.5 Å². The van der Waals surface area contributed by atoms with Crippen LogP contribution in [0.3, 0.4) is 0 Å². The molecule has 0 atom stereocenters. The zero-order valence-electron chi connectivity index (χ0n) is 13.1. The van der Waals surface area contributed by atoms with Crippen molar-refractivity contribution in [1.82, 2.24) is 15.2 Å². The summed E-state index contributed by atoms with van der Waals surface area (Å²) in [7, 11) is 3.72. The van der Waals surface area contributed by atoms with Gasteiger partial charge in [0.05, 0.1) is 10.7 Å². The van der Waals surface area contributed by atoms with Crippen molar-refractivity contribution < 1.29 is 4.39 Å². The van der Waals surface area contributed by atoms with Crippen molar-refractivity contribution in [3.63, 3.8) is 0 Å². The smallest absolute Gasteiger partial charge is 0.193 e. The number of aliphatic imine (C=N–C) groups is 1. The van der Waals surface area contributed by atoms with Crippen LogP contribution in [0.1, 0.15) is 16.3 Å². The van der Waals surface area contributed by atoms with Crippen LogP contribution in [0.15, 0.2) is 34.6 Å². The highest BCUT2D eigenvalue weighted by Crippen LogP contribution is 2.08. The lowest BCUT2D eigenvalue weighted by Crippen LogP contribution is -2.39. The molecule has 0 aliphatic carbocycles. The average molecular weight is 320 g/mol. The van der Waals surface area contributed by atoms with E-state index in [4.69, 9.17) is 0 Å². The van der Waals surface area contributed by atoms with E-state index in [2.05, 4.69) is 20.7 Å². The fraction of sp³-hybridized carbons (Fsp3) is 0.375. The van der Waals surface area contributed by atoms with Crippen LogP contribution in [-0.2, 0) is 13.0 Å². The molecule has 0 fully saturated rings. The zero-order chi connectivity index (χ0) is 15.9. The monoisotopic (exact) mass is 320 g/mol. The van der Waals surface area contributed by atoms with Gasteiger partial charge in [-0.15, -0.1) is 11.3 Å². The lowest BCUT2D eigenvalue weighted by Gasteiger charge is -2.22. The molecular formula is C16H21FN4S. The molecule has 1 aromatic heterocycles. The average Bonchev–Trinajstić information content (AvgIpc) is 2.91. The molecule has 0 aliphatic heterocycles. The first-order chi connectivity index (χ1) is 10.6. The van der Waals surface area contributed by atoms with Crippen molar-refractivity contribution in [3.8, 4) is 0 Å². The third-order valence-electron chi connectivity index (χ3n) is 3.24. The SMILES string of the molecule is CN=C(NCCc1csc(C)n1)N(C)Cc1ccc(F)cc1. The summed E-state index contributed by atoms with van der Waals surface area (Å²) in [5, 5.41) is 6.50. The molecule has 1 N–H and O–H groups in total. The molecule has 1 heterocycles. The maximum atomic E-state index is 12.9. The quantitative estimate of drug-likeness (QED) is 0.680. The van der Waals surface area contributed by atoms with E-state index in [-0.39, 0.29) is 5.82 Å². The van der Waals surface area contributed by atoms with Crippen LogP contribution in [0.4, 0.5) is 4.39 Å². The Kier molecular flexibility index (Phi) is 5.89. The zero-order valence-corrected chi connectivity index (χ0v) is 14.0. The number of nitrogens with zero attached hydrogens (tertiary/aromatic N) is 3. The summed E-state index contributed by atoms with van der Waals surface area (Å²) in [5.74, 6) is 0.601. The van der Waals surface area contributed by atoms with E-state index in [0.717, 1.165) is 35.2 Å². The number of aryl methyl sites for hydroxylation is 1. The summed E-state index contributed by atoms with van der Waals surface area (Å²) in [6, 6.07) is 6.53.